The van der Waals surface area contributed by atoms with Gasteiger partial charge in [-0.1, -0.05) is 0 Å². The van der Waals surface area contributed by atoms with Crippen molar-refractivity contribution in [3.05, 3.63) is 58.9 Å². The molecule has 0 aliphatic carbocycles. The molecule has 0 bridgehead atoms. The minimum atomic E-state index is -4.86. The van der Waals surface area contributed by atoms with Gasteiger partial charge in [-0.15, -0.1) is 0 Å². The van der Waals surface area contributed by atoms with Crippen molar-refractivity contribution in [3.8, 4) is 6.07 Å². The van der Waals surface area contributed by atoms with E-state index in [1.165, 1.54) is 30.9 Å². The number of hydrogen-bond acceptors (Lipinski definition) is 7. The maximum atomic E-state index is 14.9. The fourth-order valence-electron chi connectivity index (χ4n) is 3.76. The number of benzene rings is 2. The molecule has 1 heterocycles. The molecule has 39 heavy (non-hydrogen) atoms. The quantitative estimate of drug-likeness (QED) is 0.228. The molecule has 9 nitrogen and oxygen atoms in total. The molecule has 0 spiro atoms. The molecule has 0 radical (unpaired) electrons. The molecule has 0 unspecified atom stereocenters. The molecule has 1 fully saturated rings. The lowest BCUT2D eigenvalue weighted by molar-refractivity contribution is -0.137. The number of ether oxygens (including phenoxy) is 2. The van der Waals surface area contributed by atoms with Crippen LogP contribution in [0.1, 0.15) is 49.2 Å². The van der Waals surface area contributed by atoms with Crippen molar-refractivity contribution in [2.75, 3.05) is 16.6 Å². The van der Waals surface area contributed by atoms with E-state index in [2.05, 4.69) is 10.1 Å². The third kappa shape index (κ3) is 5.93. The maximum absolute atomic E-state index is 14.9. The molecule has 14 heteroatoms. The van der Waals surface area contributed by atoms with Gasteiger partial charge in [-0.05, 0) is 76.3 Å². The third-order valence-corrected chi connectivity index (χ3v) is 5.94. The first kappa shape index (κ1) is 29.3. The standard InChI is InChI=1S/C25H22F4N4O5S/c1-13(2)31-22(36)38-12-37-20(34)17-8-7-16(10-19(17)26)33-23(39)32(21(35)24(33,3)4)15-6-5-14(11-30)18(9-15)25(27,28)29/h5-10,13H,12H2,1-4H3,(H,31,36). The molecule has 206 valence electrons. The van der Waals surface area contributed by atoms with E-state index in [1.54, 1.807) is 13.8 Å². The predicted octanol–water partition coefficient (Wildman–Crippen LogP) is 4.88. The number of nitrogens with zero attached hydrogens (tertiary/aromatic N) is 3. The summed E-state index contributed by atoms with van der Waals surface area (Å²) in [4.78, 5) is 39.1. The number of carbonyl (C=O) groups is 3. The molecule has 2 aromatic rings. The van der Waals surface area contributed by atoms with E-state index in [0.717, 1.165) is 29.2 Å². The minimum Gasteiger partial charge on any atom is -0.424 e. The summed E-state index contributed by atoms with van der Waals surface area (Å²) < 4.78 is 64.9. The van der Waals surface area contributed by atoms with Gasteiger partial charge in [-0.2, -0.15) is 18.4 Å². The van der Waals surface area contributed by atoms with Crippen LogP contribution in [0.15, 0.2) is 36.4 Å². The number of alkyl carbamates (subject to hydrolysis) is 1. The van der Waals surface area contributed by atoms with Crippen molar-refractivity contribution < 1.29 is 41.4 Å². The van der Waals surface area contributed by atoms with Crippen molar-refractivity contribution in [3.63, 3.8) is 0 Å². The molecular formula is C25H22F4N4O5S. The van der Waals surface area contributed by atoms with Crippen LogP contribution >= 0.6 is 12.2 Å². The zero-order chi connectivity index (χ0) is 29.3. The lowest BCUT2D eigenvalue weighted by Crippen LogP contribution is -2.44. The van der Waals surface area contributed by atoms with Gasteiger partial charge in [0.15, 0.2) is 5.11 Å². The summed E-state index contributed by atoms with van der Waals surface area (Å²) in [6.45, 7) is 5.49. The lowest BCUT2D eigenvalue weighted by Gasteiger charge is -2.29. The zero-order valence-corrected chi connectivity index (χ0v) is 21.9. The first-order valence-electron chi connectivity index (χ1n) is 11.3. The van der Waals surface area contributed by atoms with E-state index in [9.17, 15) is 31.9 Å². The van der Waals surface area contributed by atoms with E-state index < -0.39 is 59.0 Å². The van der Waals surface area contributed by atoms with E-state index in [4.69, 9.17) is 22.2 Å². The van der Waals surface area contributed by atoms with Crippen LogP contribution < -0.4 is 15.1 Å². The smallest absolute Gasteiger partial charge is 0.417 e. The minimum absolute atomic E-state index is 0.0344. The number of esters is 1. The molecule has 1 aliphatic rings. The highest BCUT2D eigenvalue weighted by molar-refractivity contribution is 7.81. The average molecular weight is 567 g/mol. The van der Waals surface area contributed by atoms with E-state index >= 15 is 0 Å². The van der Waals surface area contributed by atoms with Gasteiger partial charge in [-0.25, -0.2) is 14.0 Å². The third-order valence-electron chi connectivity index (χ3n) is 5.57. The van der Waals surface area contributed by atoms with Gasteiger partial charge in [0, 0.05) is 11.7 Å². The fourth-order valence-corrected chi connectivity index (χ4v) is 4.28. The first-order valence-corrected chi connectivity index (χ1v) is 11.7. The summed E-state index contributed by atoms with van der Waals surface area (Å²) in [5.74, 6) is -2.88. The van der Waals surface area contributed by atoms with Crippen LogP contribution in [0.2, 0.25) is 0 Å². The second-order valence-corrected chi connectivity index (χ2v) is 9.47. The van der Waals surface area contributed by atoms with E-state index in [1.807, 2.05) is 0 Å². The van der Waals surface area contributed by atoms with Gasteiger partial charge in [0.05, 0.1) is 28.4 Å². The Balaban J connectivity index is 1.87. The van der Waals surface area contributed by atoms with Crippen LogP contribution in [0.4, 0.5) is 33.7 Å². The number of carbonyl (C=O) groups excluding carboxylic acids is 3. The number of anilines is 2. The summed E-state index contributed by atoms with van der Waals surface area (Å²) >= 11 is 5.41. The number of nitriles is 1. The summed E-state index contributed by atoms with van der Waals surface area (Å²) in [6, 6.07) is 7.23. The Morgan fingerprint density at radius 1 is 1.13 bits per heavy atom. The number of rotatable bonds is 6. The number of nitrogens with one attached hydrogen (secondary N) is 1. The molecule has 0 aromatic heterocycles. The Hall–Kier alpha value is -4.25. The highest BCUT2D eigenvalue weighted by Crippen LogP contribution is 2.40. The molecule has 0 saturated carbocycles. The summed E-state index contributed by atoms with van der Waals surface area (Å²) in [5.41, 5.74) is -4.03. The number of amides is 2. The summed E-state index contributed by atoms with van der Waals surface area (Å²) in [7, 11) is 0. The predicted molar refractivity (Wildman–Crippen MR) is 134 cm³/mol. The van der Waals surface area contributed by atoms with Crippen molar-refractivity contribution in [2.24, 2.45) is 0 Å². The number of thiocarbonyl (C=S) groups is 1. The Labute approximate surface area is 225 Å². The zero-order valence-electron chi connectivity index (χ0n) is 21.1. The van der Waals surface area contributed by atoms with Crippen molar-refractivity contribution in [2.45, 2.75) is 45.5 Å². The lowest BCUT2D eigenvalue weighted by atomic mass is 10.0. The largest absolute Gasteiger partial charge is 0.424 e. The second kappa shape index (κ2) is 10.9. The van der Waals surface area contributed by atoms with Crippen molar-refractivity contribution in [1.29, 1.82) is 5.26 Å². The van der Waals surface area contributed by atoms with Crippen LogP contribution in [0.25, 0.3) is 0 Å². The number of halogens is 4. The highest BCUT2D eigenvalue weighted by atomic mass is 32.1. The molecule has 1 N–H and O–H groups in total. The SMILES string of the molecule is CC(C)NC(=O)OCOC(=O)c1ccc(N2C(=S)N(c3ccc(C#N)c(C(F)(F)F)c3)C(=O)C2(C)C)cc1F. The fraction of sp³-hybridized carbons (Fsp3) is 0.320. The Bertz CT molecular complexity index is 1390. The molecule has 0 atom stereocenters. The highest BCUT2D eigenvalue weighted by Gasteiger charge is 2.51. The van der Waals surface area contributed by atoms with Crippen LogP contribution in [0.5, 0.6) is 0 Å². The number of alkyl halides is 3. The molecule has 1 saturated heterocycles. The maximum Gasteiger partial charge on any atom is 0.417 e. The van der Waals surface area contributed by atoms with Crippen molar-refractivity contribution >= 4 is 46.7 Å². The Kier molecular flexibility index (Phi) is 8.16. The van der Waals surface area contributed by atoms with Crippen LogP contribution in [0.3, 0.4) is 0 Å². The van der Waals surface area contributed by atoms with Crippen LogP contribution in [-0.2, 0) is 20.4 Å². The van der Waals surface area contributed by atoms with Gasteiger partial charge in [-0.3, -0.25) is 9.69 Å². The second-order valence-electron chi connectivity index (χ2n) is 9.10. The number of hydrogen-bond donors (Lipinski definition) is 1. The van der Waals surface area contributed by atoms with Crippen LogP contribution in [0, 0.1) is 17.1 Å². The topological polar surface area (TPSA) is 112 Å². The van der Waals surface area contributed by atoms with Gasteiger partial charge in [0.25, 0.3) is 5.91 Å². The Morgan fingerprint density at radius 3 is 2.33 bits per heavy atom. The van der Waals surface area contributed by atoms with Gasteiger partial charge >= 0.3 is 18.2 Å². The Morgan fingerprint density at radius 2 is 1.77 bits per heavy atom. The molecule has 1 aliphatic heterocycles. The van der Waals surface area contributed by atoms with Gasteiger partial charge in [0.2, 0.25) is 6.79 Å². The normalized spacial score (nSPS) is 14.9. The average Bonchev–Trinajstić information content (AvgIpc) is 3.00. The molecule has 2 amide bonds. The van der Waals surface area contributed by atoms with E-state index in [-0.39, 0.29) is 22.5 Å². The first-order chi connectivity index (χ1) is 18.1. The van der Waals surface area contributed by atoms with Crippen LogP contribution in [-0.4, -0.2) is 41.5 Å². The summed E-state index contributed by atoms with van der Waals surface area (Å²) in [5, 5.41) is 11.2. The van der Waals surface area contributed by atoms with Crippen molar-refractivity contribution in [1.82, 2.24) is 5.32 Å². The monoisotopic (exact) mass is 566 g/mol. The van der Waals surface area contributed by atoms with Gasteiger partial charge in [0.1, 0.15) is 11.4 Å². The molecule has 2 aromatic carbocycles. The van der Waals surface area contributed by atoms with E-state index in [0.29, 0.717) is 6.07 Å². The summed E-state index contributed by atoms with van der Waals surface area (Å²) in [6.07, 6.45) is -5.70. The van der Waals surface area contributed by atoms with Gasteiger partial charge < -0.3 is 19.7 Å². The molecular weight excluding hydrogens is 544 g/mol. The molecule has 3 rings (SSSR count).